The minimum atomic E-state index is -1.22. The van der Waals surface area contributed by atoms with Gasteiger partial charge in [0.15, 0.2) is 0 Å². The molecule has 1 saturated heterocycles. The average Bonchev–Trinajstić information content (AvgIpc) is 2.72. The van der Waals surface area contributed by atoms with Gasteiger partial charge < -0.3 is 14.2 Å². The van der Waals surface area contributed by atoms with Crippen LogP contribution >= 0.6 is 0 Å². The molecule has 1 aromatic carbocycles. The zero-order valence-electron chi connectivity index (χ0n) is 12.1. The first-order chi connectivity index (χ1) is 9.84. The SMILES string of the molecule is CC1Cc2cc(C=C3C(=O)OC(C)(C)OC3=O)ccc2O1. The van der Waals surface area contributed by atoms with E-state index in [0.717, 1.165) is 23.3 Å². The topological polar surface area (TPSA) is 61.8 Å². The zero-order valence-corrected chi connectivity index (χ0v) is 12.1. The molecule has 0 spiro atoms. The van der Waals surface area contributed by atoms with Crippen LogP contribution in [0, 0.1) is 0 Å². The predicted molar refractivity (Wildman–Crippen MR) is 74.5 cm³/mol. The van der Waals surface area contributed by atoms with E-state index in [0.29, 0.717) is 0 Å². The third-order valence-electron chi connectivity index (χ3n) is 3.35. The van der Waals surface area contributed by atoms with Gasteiger partial charge >= 0.3 is 11.9 Å². The van der Waals surface area contributed by atoms with E-state index in [1.807, 2.05) is 19.1 Å². The Labute approximate surface area is 122 Å². The van der Waals surface area contributed by atoms with Crippen molar-refractivity contribution in [2.24, 2.45) is 0 Å². The lowest BCUT2D eigenvalue weighted by atomic mass is 10.0. The Morgan fingerprint density at radius 2 is 1.86 bits per heavy atom. The van der Waals surface area contributed by atoms with Crippen molar-refractivity contribution < 1.29 is 23.8 Å². The van der Waals surface area contributed by atoms with Crippen molar-refractivity contribution in [3.8, 4) is 5.75 Å². The number of hydrogen-bond donors (Lipinski definition) is 0. The fourth-order valence-corrected chi connectivity index (χ4v) is 2.48. The molecule has 0 amide bonds. The van der Waals surface area contributed by atoms with Gasteiger partial charge in [-0.1, -0.05) is 6.07 Å². The van der Waals surface area contributed by atoms with E-state index in [-0.39, 0.29) is 11.7 Å². The summed E-state index contributed by atoms with van der Waals surface area (Å²) < 4.78 is 15.7. The fourth-order valence-electron chi connectivity index (χ4n) is 2.48. The fraction of sp³-hybridized carbons (Fsp3) is 0.375. The molecule has 0 saturated carbocycles. The molecule has 0 aromatic heterocycles. The van der Waals surface area contributed by atoms with Crippen molar-refractivity contribution in [2.45, 2.75) is 39.1 Å². The Kier molecular flexibility index (Phi) is 3.01. The van der Waals surface area contributed by atoms with Gasteiger partial charge in [0, 0.05) is 20.3 Å². The van der Waals surface area contributed by atoms with Gasteiger partial charge in [-0.15, -0.1) is 0 Å². The molecule has 1 aromatic rings. The van der Waals surface area contributed by atoms with Gasteiger partial charge in [-0.05, 0) is 36.3 Å². The summed E-state index contributed by atoms with van der Waals surface area (Å²) >= 11 is 0. The molecule has 5 heteroatoms. The van der Waals surface area contributed by atoms with Crippen molar-refractivity contribution in [2.75, 3.05) is 0 Å². The molecular formula is C16H16O5. The number of fused-ring (bicyclic) bond motifs is 1. The van der Waals surface area contributed by atoms with Crippen LogP contribution in [0.2, 0.25) is 0 Å². The Hall–Kier alpha value is -2.30. The van der Waals surface area contributed by atoms with E-state index in [1.165, 1.54) is 19.9 Å². The highest BCUT2D eigenvalue weighted by Crippen LogP contribution is 2.31. The first-order valence-corrected chi connectivity index (χ1v) is 6.82. The number of carbonyl (C=O) groups is 2. The first kappa shape index (κ1) is 13.7. The molecule has 0 aliphatic carbocycles. The summed E-state index contributed by atoms with van der Waals surface area (Å²) in [5.41, 5.74) is 1.71. The lowest BCUT2D eigenvalue weighted by molar-refractivity contribution is -0.222. The smallest absolute Gasteiger partial charge is 0.348 e. The highest BCUT2D eigenvalue weighted by Gasteiger charge is 2.38. The maximum Gasteiger partial charge on any atom is 0.348 e. The molecule has 2 aliphatic heterocycles. The molecule has 21 heavy (non-hydrogen) atoms. The van der Waals surface area contributed by atoms with Gasteiger partial charge in [0.05, 0.1) is 0 Å². The van der Waals surface area contributed by atoms with Gasteiger partial charge in [-0.3, -0.25) is 0 Å². The highest BCUT2D eigenvalue weighted by atomic mass is 16.7. The van der Waals surface area contributed by atoms with E-state index < -0.39 is 17.7 Å². The van der Waals surface area contributed by atoms with Crippen molar-refractivity contribution in [1.82, 2.24) is 0 Å². The predicted octanol–water partition coefficient (Wildman–Crippen LogP) is 2.23. The quantitative estimate of drug-likeness (QED) is 0.450. The van der Waals surface area contributed by atoms with E-state index in [9.17, 15) is 9.59 Å². The number of cyclic esters (lactones) is 2. The normalized spacial score (nSPS) is 23.0. The minimum Gasteiger partial charge on any atom is -0.490 e. The van der Waals surface area contributed by atoms with Crippen LogP contribution in [0.15, 0.2) is 23.8 Å². The Balaban J connectivity index is 1.90. The molecule has 110 valence electrons. The molecule has 0 radical (unpaired) electrons. The first-order valence-electron chi connectivity index (χ1n) is 6.82. The van der Waals surface area contributed by atoms with Gasteiger partial charge in [-0.25, -0.2) is 9.59 Å². The van der Waals surface area contributed by atoms with Gasteiger partial charge in [0.25, 0.3) is 5.79 Å². The summed E-state index contributed by atoms with van der Waals surface area (Å²) in [5, 5.41) is 0. The van der Waals surface area contributed by atoms with Gasteiger partial charge in [0.2, 0.25) is 0 Å². The molecule has 1 atom stereocenters. The number of rotatable bonds is 1. The van der Waals surface area contributed by atoms with Crippen LogP contribution in [0.1, 0.15) is 31.9 Å². The molecule has 3 rings (SSSR count). The summed E-state index contributed by atoms with van der Waals surface area (Å²) in [6, 6.07) is 5.55. The lowest BCUT2D eigenvalue weighted by Gasteiger charge is -2.29. The van der Waals surface area contributed by atoms with Crippen LogP contribution in [-0.2, 0) is 25.5 Å². The second-order valence-electron chi connectivity index (χ2n) is 5.74. The van der Waals surface area contributed by atoms with E-state index >= 15 is 0 Å². The van der Waals surface area contributed by atoms with Gasteiger partial charge in [0.1, 0.15) is 17.4 Å². The van der Waals surface area contributed by atoms with E-state index in [4.69, 9.17) is 14.2 Å². The molecular weight excluding hydrogens is 272 g/mol. The van der Waals surface area contributed by atoms with E-state index in [1.54, 1.807) is 6.07 Å². The third kappa shape index (κ3) is 2.63. The van der Waals surface area contributed by atoms with Crippen molar-refractivity contribution in [1.29, 1.82) is 0 Å². The highest BCUT2D eigenvalue weighted by molar-refractivity contribution is 6.18. The number of carbonyl (C=O) groups excluding carboxylic acids is 2. The molecule has 2 heterocycles. The Bertz CT molecular complexity index is 635. The molecule has 0 bridgehead atoms. The monoisotopic (exact) mass is 288 g/mol. The van der Waals surface area contributed by atoms with Crippen LogP contribution in [0.3, 0.4) is 0 Å². The van der Waals surface area contributed by atoms with Crippen LogP contribution in [0.4, 0.5) is 0 Å². The second kappa shape index (κ2) is 4.62. The van der Waals surface area contributed by atoms with Crippen molar-refractivity contribution in [3.05, 3.63) is 34.9 Å². The zero-order chi connectivity index (χ0) is 15.2. The molecule has 2 aliphatic rings. The summed E-state index contributed by atoms with van der Waals surface area (Å²) in [6.07, 6.45) is 2.45. The maximum absolute atomic E-state index is 11.9. The van der Waals surface area contributed by atoms with Crippen LogP contribution in [0.25, 0.3) is 6.08 Å². The summed E-state index contributed by atoms with van der Waals surface area (Å²) in [6.45, 7) is 5.04. The minimum absolute atomic E-state index is 0.0961. The maximum atomic E-state index is 11.9. The van der Waals surface area contributed by atoms with Crippen LogP contribution in [0.5, 0.6) is 5.75 Å². The second-order valence-corrected chi connectivity index (χ2v) is 5.74. The summed E-state index contributed by atoms with van der Waals surface area (Å²) in [5.74, 6) is -1.70. The molecule has 0 N–H and O–H groups in total. The van der Waals surface area contributed by atoms with Crippen molar-refractivity contribution >= 4 is 18.0 Å². The summed E-state index contributed by atoms with van der Waals surface area (Å²) in [4.78, 5) is 23.8. The third-order valence-corrected chi connectivity index (χ3v) is 3.35. The van der Waals surface area contributed by atoms with Crippen LogP contribution in [-0.4, -0.2) is 23.8 Å². The van der Waals surface area contributed by atoms with E-state index in [2.05, 4.69) is 0 Å². The van der Waals surface area contributed by atoms with Gasteiger partial charge in [-0.2, -0.15) is 0 Å². The lowest BCUT2D eigenvalue weighted by Crippen LogP contribution is -2.41. The summed E-state index contributed by atoms with van der Waals surface area (Å²) in [7, 11) is 0. The Morgan fingerprint density at radius 3 is 2.52 bits per heavy atom. The molecule has 1 unspecified atom stereocenters. The molecule has 5 nitrogen and oxygen atoms in total. The number of benzene rings is 1. The number of esters is 2. The Morgan fingerprint density at radius 1 is 1.19 bits per heavy atom. The largest absolute Gasteiger partial charge is 0.490 e. The standard InChI is InChI=1S/C16H16O5/c1-9-6-11-7-10(4-5-13(11)19-9)8-12-14(17)20-16(2,3)21-15(12)18/h4-5,7-9H,6H2,1-3H3. The average molecular weight is 288 g/mol. The molecule has 1 fully saturated rings. The van der Waals surface area contributed by atoms with Crippen molar-refractivity contribution in [3.63, 3.8) is 0 Å². The number of ether oxygens (including phenoxy) is 3. The number of hydrogen-bond acceptors (Lipinski definition) is 5. The van der Waals surface area contributed by atoms with Crippen LogP contribution < -0.4 is 4.74 Å².